The lowest BCUT2D eigenvalue weighted by atomic mass is 9.95. The van der Waals surface area contributed by atoms with E-state index in [1.165, 1.54) is 26.4 Å². The molecule has 0 unspecified atom stereocenters. The first-order valence-electron chi connectivity index (χ1n) is 5.20. The third-order valence-electron chi connectivity index (χ3n) is 3.14. The molecule has 0 saturated heterocycles. The van der Waals surface area contributed by atoms with Crippen molar-refractivity contribution >= 4 is 5.97 Å². The van der Waals surface area contributed by atoms with Gasteiger partial charge in [-0.2, -0.15) is 0 Å². The number of carboxylic acids is 1. The van der Waals surface area contributed by atoms with Crippen LogP contribution in [0.2, 0.25) is 0 Å². The van der Waals surface area contributed by atoms with Crippen LogP contribution in [-0.4, -0.2) is 25.3 Å². The van der Waals surface area contributed by atoms with E-state index < -0.39 is 17.2 Å². The Morgan fingerprint density at radius 2 is 2.00 bits per heavy atom. The van der Waals surface area contributed by atoms with Gasteiger partial charge >= 0.3 is 5.97 Å². The van der Waals surface area contributed by atoms with E-state index in [9.17, 15) is 9.18 Å². The molecule has 0 aliphatic heterocycles. The molecule has 2 rings (SSSR count). The average Bonchev–Trinajstić information content (AvgIpc) is 3.10. The lowest BCUT2D eigenvalue weighted by molar-refractivity contribution is -0.140. The second-order valence-electron chi connectivity index (χ2n) is 4.08. The SMILES string of the molecule is COc1cc(OC)c(F)c(C2(C(=O)O)CC2)c1. The van der Waals surface area contributed by atoms with Crippen LogP contribution in [0.15, 0.2) is 12.1 Å². The van der Waals surface area contributed by atoms with Crippen LogP contribution in [0.4, 0.5) is 4.39 Å². The third-order valence-corrected chi connectivity index (χ3v) is 3.14. The summed E-state index contributed by atoms with van der Waals surface area (Å²) in [5.41, 5.74) is -0.965. The molecule has 17 heavy (non-hydrogen) atoms. The molecule has 1 aliphatic rings. The van der Waals surface area contributed by atoms with Crippen molar-refractivity contribution in [3.05, 3.63) is 23.5 Å². The van der Waals surface area contributed by atoms with Gasteiger partial charge in [0, 0.05) is 11.6 Å². The van der Waals surface area contributed by atoms with Crippen molar-refractivity contribution < 1.29 is 23.8 Å². The van der Waals surface area contributed by atoms with Gasteiger partial charge in [0.05, 0.1) is 19.6 Å². The summed E-state index contributed by atoms with van der Waals surface area (Å²) >= 11 is 0. The maximum atomic E-state index is 14.0. The molecule has 0 bridgehead atoms. The number of carboxylic acid groups (broad SMARTS) is 1. The Bertz CT molecular complexity index is 466. The Balaban J connectivity index is 2.57. The number of ether oxygens (including phenoxy) is 2. The Morgan fingerprint density at radius 1 is 1.35 bits per heavy atom. The zero-order valence-electron chi connectivity index (χ0n) is 9.62. The molecule has 1 aliphatic carbocycles. The van der Waals surface area contributed by atoms with Crippen molar-refractivity contribution in [3.63, 3.8) is 0 Å². The number of rotatable bonds is 4. The molecule has 4 nitrogen and oxygen atoms in total. The Morgan fingerprint density at radius 3 is 2.41 bits per heavy atom. The second-order valence-corrected chi connectivity index (χ2v) is 4.08. The van der Waals surface area contributed by atoms with Crippen LogP contribution in [0.1, 0.15) is 18.4 Å². The van der Waals surface area contributed by atoms with Crippen molar-refractivity contribution in [2.75, 3.05) is 14.2 Å². The van der Waals surface area contributed by atoms with Gasteiger partial charge in [-0.15, -0.1) is 0 Å². The highest BCUT2D eigenvalue weighted by atomic mass is 19.1. The number of halogens is 1. The molecule has 1 fully saturated rings. The first-order chi connectivity index (χ1) is 8.05. The Labute approximate surface area is 98.0 Å². The summed E-state index contributed by atoms with van der Waals surface area (Å²) in [6.45, 7) is 0. The van der Waals surface area contributed by atoms with Crippen LogP contribution in [0.25, 0.3) is 0 Å². The van der Waals surface area contributed by atoms with Crippen LogP contribution >= 0.6 is 0 Å². The first kappa shape index (κ1) is 11.7. The summed E-state index contributed by atoms with van der Waals surface area (Å²) in [5, 5.41) is 9.16. The molecule has 1 aromatic carbocycles. The van der Waals surface area contributed by atoms with Crippen molar-refractivity contribution in [1.29, 1.82) is 0 Å². The number of methoxy groups -OCH3 is 2. The quantitative estimate of drug-likeness (QED) is 0.874. The topological polar surface area (TPSA) is 55.8 Å². The van der Waals surface area contributed by atoms with Crippen LogP contribution in [0.5, 0.6) is 11.5 Å². The average molecular weight is 240 g/mol. The fraction of sp³-hybridized carbons (Fsp3) is 0.417. The van der Waals surface area contributed by atoms with E-state index in [0.717, 1.165) is 0 Å². The maximum Gasteiger partial charge on any atom is 0.314 e. The molecule has 0 atom stereocenters. The molecule has 0 spiro atoms. The zero-order chi connectivity index (χ0) is 12.6. The first-order valence-corrected chi connectivity index (χ1v) is 5.20. The highest BCUT2D eigenvalue weighted by molar-refractivity contribution is 5.85. The van der Waals surface area contributed by atoms with Gasteiger partial charge in [-0.1, -0.05) is 0 Å². The number of hydrogen-bond acceptors (Lipinski definition) is 3. The fourth-order valence-electron chi connectivity index (χ4n) is 1.91. The Kier molecular flexibility index (Phi) is 2.69. The molecule has 0 radical (unpaired) electrons. The number of aliphatic carboxylic acids is 1. The molecular formula is C12H13FO4. The molecule has 0 aromatic heterocycles. The summed E-state index contributed by atoms with van der Waals surface area (Å²) in [7, 11) is 2.78. The van der Waals surface area contributed by atoms with Crippen molar-refractivity contribution in [3.8, 4) is 11.5 Å². The van der Waals surface area contributed by atoms with Gasteiger partial charge in [0.2, 0.25) is 0 Å². The van der Waals surface area contributed by atoms with E-state index in [-0.39, 0.29) is 11.3 Å². The standard InChI is InChI=1S/C12H13FO4/c1-16-7-5-8(10(13)9(6-7)17-2)12(3-4-12)11(14)15/h5-6H,3-4H2,1-2H3,(H,14,15). The van der Waals surface area contributed by atoms with Crippen molar-refractivity contribution in [2.45, 2.75) is 18.3 Å². The normalized spacial score (nSPS) is 16.4. The minimum Gasteiger partial charge on any atom is -0.497 e. The van der Waals surface area contributed by atoms with Crippen LogP contribution < -0.4 is 9.47 Å². The highest BCUT2D eigenvalue weighted by Crippen LogP contribution is 2.51. The number of carbonyl (C=O) groups is 1. The number of benzene rings is 1. The molecule has 0 heterocycles. The maximum absolute atomic E-state index is 14.0. The van der Waals surface area contributed by atoms with Crippen molar-refractivity contribution in [2.24, 2.45) is 0 Å². The Hall–Kier alpha value is -1.78. The summed E-state index contributed by atoms with van der Waals surface area (Å²) < 4.78 is 23.9. The molecule has 1 aromatic rings. The van der Waals surface area contributed by atoms with Crippen molar-refractivity contribution in [1.82, 2.24) is 0 Å². The summed E-state index contributed by atoms with van der Waals surface area (Å²) in [6.07, 6.45) is 0.880. The second kappa shape index (κ2) is 3.91. The summed E-state index contributed by atoms with van der Waals surface area (Å²) in [6, 6.07) is 2.83. The summed E-state index contributed by atoms with van der Waals surface area (Å²) in [4.78, 5) is 11.2. The predicted octanol–water partition coefficient (Wildman–Crippen LogP) is 1.96. The van der Waals surface area contributed by atoms with E-state index in [1.54, 1.807) is 0 Å². The van der Waals surface area contributed by atoms with Crippen LogP contribution in [0, 0.1) is 5.82 Å². The molecule has 5 heteroatoms. The monoisotopic (exact) mass is 240 g/mol. The smallest absolute Gasteiger partial charge is 0.314 e. The minimum atomic E-state index is -1.11. The van der Waals surface area contributed by atoms with Gasteiger partial charge < -0.3 is 14.6 Å². The molecule has 1 N–H and O–H groups in total. The van der Waals surface area contributed by atoms with E-state index in [0.29, 0.717) is 18.6 Å². The minimum absolute atomic E-state index is 0.00637. The van der Waals surface area contributed by atoms with Gasteiger partial charge in [0.25, 0.3) is 0 Å². The fourth-order valence-corrected chi connectivity index (χ4v) is 1.91. The van der Waals surface area contributed by atoms with Crippen LogP contribution in [0.3, 0.4) is 0 Å². The van der Waals surface area contributed by atoms with E-state index in [4.69, 9.17) is 14.6 Å². The van der Waals surface area contributed by atoms with Gasteiger partial charge in [0.15, 0.2) is 11.6 Å². The summed E-state index contributed by atoms with van der Waals surface area (Å²) in [5.74, 6) is -1.22. The molecule has 1 saturated carbocycles. The van der Waals surface area contributed by atoms with Gasteiger partial charge in [0.1, 0.15) is 5.75 Å². The van der Waals surface area contributed by atoms with E-state index >= 15 is 0 Å². The van der Waals surface area contributed by atoms with Gasteiger partial charge in [-0.25, -0.2) is 4.39 Å². The van der Waals surface area contributed by atoms with Gasteiger partial charge in [-0.3, -0.25) is 4.79 Å². The molecule has 92 valence electrons. The van der Waals surface area contributed by atoms with Gasteiger partial charge in [-0.05, 0) is 18.9 Å². The predicted molar refractivity (Wildman–Crippen MR) is 58.1 cm³/mol. The number of hydrogen-bond donors (Lipinski definition) is 1. The zero-order valence-corrected chi connectivity index (χ0v) is 9.62. The largest absolute Gasteiger partial charge is 0.497 e. The molecular weight excluding hydrogens is 227 g/mol. The van der Waals surface area contributed by atoms with Crippen LogP contribution in [-0.2, 0) is 10.2 Å². The lowest BCUT2D eigenvalue weighted by Crippen LogP contribution is -2.21. The third kappa shape index (κ3) is 1.71. The lowest BCUT2D eigenvalue weighted by Gasteiger charge is -2.15. The molecule has 0 amide bonds. The van der Waals surface area contributed by atoms with E-state index in [1.807, 2.05) is 0 Å². The highest BCUT2D eigenvalue weighted by Gasteiger charge is 2.54. The van der Waals surface area contributed by atoms with E-state index in [2.05, 4.69) is 0 Å².